The van der Waals surface area contributed by atoms with Gasteiger partial charge in [-0.1, -0.05) is 5.16 Å². The normalized spacial score (nSPS) is 14.2. The van der Waals surface area contributed by atoms with Crippen LogP contribution in [-0.2, 0) is 11.3 Å². The average molecular weight is 267 g/mol. The Balaban J connectivity index is 1.85. The third-order valence-corrected chi connectivity index (χ3v) is 2.89. The summed E-state index contributed by atoms with van der Waals surface area (Å²) < 4.78 is 4.89. The number of carbonyl (C=O) groups is 2. The molecule has 19 heavy (non-hydrogen) atoms. The van der Waals surface area contributed by atoms with Crippen molar-refractivity contribution in [2.75, 3.05) is 13.1 Å². The number of nitrogens with one attached hydrogen (secondary N) is 1. The molecule has 0 unspecified atom stereocenters. The molecule has 1 aromatic rings. The Hall–Kier alpha value is -2.05. The summed E-state index contributed by atoms with van der Waals surface area (Å²) >= 11 is 0. The van der Waals surface area contributed by atoms with E-state index in [2.05, 4.69) is 10.5 Å². The molecule has 2 rings (SSSR count). The van der Waals surface area contributed by atoms with Crippen LogP contribution < -0.4 is 5.32 Å². The number of carboxylic acid groups (broad SMARTS) is 1. The minimum Gasteiger partial charge on any atom is -0.480 e. The van der Waals surface area contributed by atoms with E-state index in [1.807, 2.05) is 0 Å². The number of aryl methyl sites for hydroxylation is 1. The topological polar surface area (TPSA) is 95.7 Å². The largest absolute Gasteiger partial charge is 0.480 e. The number of rotatable bonds is 6. The summed E-state index contributed by atoms with van der Waals surface area (Å²) in [5.74, 6) is 0.108. The van der Waals surface area contributed by atoms with Gasteiger partial charge in [0, 0.05) is 12.6 Å². The molecule has 7 heteroatoms. The lowest BCUT2D eigenvalue weighted by Gasteiger charge is -2.20. The Bertz CT molecular complexity index is 467. The summed E-state index contributed by atoms with van der Waals surface area (Å²) in [6.45, 7) is 2.22. The maximum absolute atomic E-state index is 11.9. The van der Waals surface area contributed by atoms with Crippen LogP contribution >= 0.6 is 0 Å². The van der Waals surface area contributed by atoms with Crippen molar-refractivity contribution in [3.63, 3.8) is 0 Å². The van der Waals surface area contributed by atoms with Crippen molar-refractivity contribution >= 4 is 12.0 Å². The summed E-state index contributed by atoms with van der Waals surface area (Å²) in [6.07, 6.45) is 2.12. The van der Waals surface area contributed by atoms with E-state index in [9.17, 15) is 9.59 Å². The Kier molecular flexibility index (Phi) is 4.03. The molecule has 0 spiro atoms. The van der Waals surface area contributed by atoms with Gasteiger partial charge < -0.3 is 19.8 Å². The molecule has 0 bridgehead atoms. The van der Waals surface area contributed by atoms with Crippen molar-refractivity contribution in [1.29, 1.82) is 0 Å². The predicted octanol–water partition coefficient (Wildman–Crippen LogP) is 0.989. The van der Waals surface area contributed by atoms with Crippen LogP contribution in [0.5, 0.6) is 0 Å². The maximum Gasteiger partial charge on any atom is 0.323 e. The van der Waals surface area contributed by atoms with Crippen LogP contribution in [0.25, 0.3) is 0 Å². The van der Waals surface area contributed by atoms with Gasteiger partial charge >= 0.3 is 12.0 Å². The van der Waals surface area contributed by atoms with E-state index in [4.69, 9.17) is 9.63 Å². The lowest BCUT2D eigenvalue weighted by atomic mass is 10.3. The molecule has 7 nitrogen and oxygen atoms in total. The number of hydrogen-bond donors (Lipinski definition) is 2. The predicted molar refractivity (Wildman–Crippen MR) is 65.4 cm³/mol. The summed E-state index contributed by atoms with van der Waals surface area (Å²) in [5, 5.41) is 15.2. The third kappa shape index (κ3) is 4.27. The van der Waals surface area contributed by atoms with Crippen LogP contribution in [0.3, 0.4) is 0 Å². The highest BCUT2D eigenvalue weighted by molar-refractivity contribution is 5.80. The first-order chi connectivity index (χ1) is 9.04. The molecule has 1 heterocycles. The number of carbonyl (C=O) groups excluding carboxylic acids is 1. The Labute approximate surface area is 110 Å². The van der Waals surface area contributed by atoms with Crippen LogP contribution in [0.15, 0.2) is 10.6 Å². The Morgan fingerprint density at radius 3 is 2.84 bits per heavy atom. The molecule has 2 amide bonds. The number of amides is 2. The van der Waals surface area contributed by atoms with Crippen molar-refractivity contribution in [1.82, 2.24) is 15.4 Å². The molecule has 2 N–H and O–H groups in total. The van der Waals surface area contributed by atoms with Gasteiger partial charge in [-0.3, -0.25) is 4.79 Å². The highest BCUT2D eigenvalue weighted by Crippen LogP contribution is 2.29. The summed E-state index contributed by atoms with van der Waals surface area (Å²) in [5.41, 5.74) is 0.618. The maximum atomic E-state index is 11.9. The summed E-state index contributed by atoms with van der Waals surface area (Å²) in [7, 11) is 0. The number of hydrogen-bond acceptors (Lipinski definition) is 4. The second-order valence-electron chi connectivity index (χ2n) is 4.81. The van der Waals surface area contributed by atoms with Gasteiger partial charge in [-0.25, -0.2) is 4.79 Å². The smallest absolute Gasteiger partial charge is 0.323 e. The molecule has 0 saturated heterocycles. The van der Waals surface area contributed by atoms with E-state index >= 15 is 0 Å². The van der Waals surface area contributed by atoms with Crippen LogP contribution in [0.4, 0.5) is 4.79 Å². The van der Waals surface area contributed by atoms with Gasteiger partial charge in [0.05, 0.1) is 6.54 Å². The summed E-state index contributed by atoms with van der Waals surface area (Å²) in [6, 6.07) is 1.35. The zero-order valence-corrected chi connectivity index (χ0v) is 10.8. The fourth-order valence-corrected chi connectivity index (χ4v) is 1.77. The summed E-state index contributed by atoms with van der Waals surface area (Å²) in [4.78, 5) is 24.0. The second kappa shape index (κ2) is 5.73. The van der Waals surface area contributed by atoms with Gasteiger partial charge in [0.2, 0.25) is 0 Å². The van der Waals surface area contributed by atoms with Crippen LogP contribution in [0.2, 0.25) is 0 Å². The SMILES string of the molecule is Cc1cc(CNC(=O)N(CC(=O)O)CC2CC2)no1. The van der Waals surface area contributed by atoms with Gasteiger partial charge in [-0.15, -0.1) is 0 Å². The molecule has 0 atom stereocenters. The zero-order valence-electron chi connectivity index (χ0n) is 10.8. The van der Waals surface area contributed by atoms with E-state index in [0.29, 0.717) is 23.9 Å². The van der Waals surface area contributed by atoms with Crippen molar-refractivity contribution in [3.8, 4) is 0 Å². The second-order valence-corrected chi connectivity index (χ2v) is 4.81. The number of nitrogens with zero attached hydrogens (tertiary/aromatic N) is 2. The van der Waals surface area contributed by atoms with E-state index in [-0.39, 0.29) is 19.1 Å². The van der Waals surface area contributed by atoms with Crippen molar-refractivity contribution < 1.29 is 19.2 Å². The average Bonchev–Trinajstić information content (AvgIpc) is 3.06. The number of carboxylic acids is 1. The molecule has 1 fully saturated rings. The molecule has 1 saturated carbocycles. The van der Waals surface area contributed by atoms with Crippen molar-refractivity contribution in [2.24, 2.45) is 5.92 Å². The monoisotopic (exact) mass is 267 g/mol. The van der Waals surface area contributed by atoms with E-state index in [1.54, 1.807) is 13.0 Å². The third-order valence-electron chi connectivity index (χ3n) is 2.89. The Morgan fingerprint density at radius 1 is 1.58 bits per heavy atom. The lowest BCUT2D eigenvalue weighted by Crippen LogP contribution is -2.43. The Morgan fingerprint density at radius 2 is 2.32 bits per heavy atom. The van der Waals surface area contributed by atoms with Crippen LogP contribution in [0, 0.1) is 12.8 Å². The van der Waals surface area contributed by atoms with Gasteiger partial charge in [-0.05, 0) is 25.7 Å². The highest BCUT2D eigenvalue weighted by atomic mass is 16.5. The molecular weight excluding hydrogens is 250 g/mol. The number of urea groups is 1. The highest BCUT2D eigenvalue weighted by Gasteiger charge is 2.27. The fraction of sp³-hybridized carbons (Fsp3) is 0.583. The molecule has 1 aromatic heterocycles. The molecule has 1 aliphatic carbocycles. The minimum absolute atomic E-state index is 0.233. The van der Waals surface area contributed by atoms with E-state index in [1.165, 1.54) is 4.90 Å². The minimum atomic E-state index is -1.01. The molecule has 0 aromatic carbocycles. The van der Waals surface area contributed by atoms with Gasteiger partial charge in [0.15, 0.2) is 0 Å². The molecule has 0 aliphatic heterocycles. The van der Waals surface area contributed by atoms with Gasteiger partial charge in [0.25, 0.3) is 0 Å². The lowest BCUT2D eigenvalue weighted by molar-refractivity contribution is -0.137. The van der Waals surface area contributed by atoms with Crippen molar-refractivity contribution in [2.45, 2.75) is 26.3 Å². The van der Waals surface area contributed by atoms with Crippen LogP contribution in [-0.4, -0.2) is 40.3 Å². The van der Waals surface area contributed by atoms with Crippen molar-refractivity contribution in [3.05, 3.63) is 17.5 Å². The van der Waals surface area contributed by atoms with Gasteiger partial charge in [0.1, 0.15) is 18.0 Å². The molecule has 0 radical (unpaired) electrons. The first kappa shape index (κ1) is 13.4. The number of aliphatic carboxylic acids is 1. The zero-order chi connectivity index (χ0) is 13.8. The fourth-order valence-electron chi connectivity index (χ4n) is 1.77. The van der Waals surface area contributed by atoms with Gasteiger partial charge in [-0.2, -0.15) is 0 Å². The molecular formula is C12H17N3O4. The van der Waals surface area contributed by atoms with Crippen LogP contribution in [0.1, 0.15) is 24.3 Å². The first-order valence-corrected chi connectivity index (χ1v) is 6.21. The van der Waals surface area contributed by atoms with E-state index < -0.39 is 5.97 Å². The standard InChI is InChI=1S/C12H17N3O4/c1-8-4-10(14-19-8)5-13-12(18)15(7-11(16)17)6-9-2-3-9/h4,9H,2-3,5-7H2,1H3,(H,13,18)(H,16,17). The quantitative estimate of drug-likeness (QED) is 0.801. The molecule has 1 aliphatic rings. The van der Waals surface area contributed by atoms with E-state index in [0.717, 1.165) is 12.8 Å². The number of aromatic nitrogens is 1. The molecule has 104 valence electrons. The first-order valence-electron chi connectivity index (χ1n) is 6.21.